The Morgan fingerprint density at radius 3 is 2.48 bits per heavy atom. The van der Waals surface area contributed by atoms with Crippen LogP contribution in [0.1, 0.15) is 82.8 Å². The first-order valence-corrected chi connectivity index (χ1v) is 12.2. The number of hydrogen-bond acceptors (Lipinski definition) is 4. The Balaban J connectivity index is 2.21. The van der Waals surface area contributed by atoms with E-state index < -0.39 is 6.10 Å². The Bertz CT molecular complexity index is 649. The molecule has 0 unspecified atom stereocenters. The third-order valence-corrected chi connectivity index (χ3v) is 6.67. The molecule has 1 aromatic carbocycles. The van der Waals surface area contributed by atoms with Crippen LogP contribution in [0.25, 0.3) is 0 Å². The lowest BCUT2D eigenvalue weighted by Gasteiger charge is -2.35. The summed E-state index contributed by atoms with van der Waals surface area (Å²) in [6, 6.07) is 4.11. The SMILES string of the molecule is CCCCCCCCc1cc2c(cc1Br)C[C@H](CO)OC(=O)[C@H](CCCC)N2C. The first kappa shape index (κ1) is 24.2. The summed E-state index contributed by atoms with van der Waals surface area (Å²) in [6.07, 6.45) is 11.6. The zero-order valence-corrected chi connectivity index (χ0v) is 20.0. The van der Waals surface area contributed by atoms with E-state index >= 15 is 0 Å². The topological polar surface area (TPSA) is 49.8 Å². The number of hydrogen-bond donors (Lipinski definition) is 1. The smallest absolute Gasteiger partial charge is 0.329 e. The van der Waals surface area contributed by atoms with Crippen LogP contribution in [0.4, 0.5) is 5.69 Å². The Kier molecular flexibility index (Phi) is 10.5. The minimum absolute atomic E-state index is 0.146. The van der Waals surface area contributed by atoms with Crippen LogP contribution in [-0.2, 0) is 22.4 Å². The third-order valence-electron chi connectivity index (χ3n) is 5.93. The number of cyclic esters (lactones) is 1. The first-order chi connectivity index (χ1) is 14.0. The number of carbonyl (C=O) groups excluding carboxylic acids is 1. The average molecular weight is 468 g/mol. The molecule has 0 radical (unpaired) electrons. The summed E-state index contributed by atoms with van der Waals surface area (Å²) in [4.78, 5) is 14.8. The van der Waals surface area contributed by atoms with E-state index in [1.807, 2.05) is 7.05 Å². The molecule has 29 heavy (non-hydrogen) atoms. The summed E-state index contributed by atoms with van der Waals surface area (Å²) >= 11 is 3.76. The van der Waals surface area contributed by atoms with Crippen LogP contribution in [0.5, 0.6) is 0 Å². The number of anilines is 1. The lowest BCUT2D eigenvalue weighted by atomic mass is 9.97. The maximum Gasteiger partial charge on any atom is 0.329 e. The van der Waals surface area contributed by atoms with Crippen LogP contribution in [0.15, 0.2) is 16.6 Å². The van der Waals surface area contributed by atoms with Crippen molar-refractivity contribution in [2.45, 2.75) is 96.6 Å². The van der Waals surface area contributed by atoms with Crippen LogP contribution in [-0.4, -0.2) is 36.9 Å². The predicted octanol–water partition coefficient (Wildman–Crippen LogP) is 5.81. The molecule has 1 aliphatic rings. The highest BCUT2D eigenvalue weighted by Gasteiger charge is 2.31. The van der Waals surface area contributed by atoms with Crippen LogP contribution in [0, 0.1) is 0 Å². The number of halogens is 1. The number of benzene rings is 1. The Morgan fingerprint density at radius 1 is 1.10 bits per heavy atom. The van der Waals surface area contributed by atoms with Crippen molar-refractivity contribution >= 4 is 27.6 Å². The van der Waals surface area contributed by atoms with E-state index in [0.29, 0.717) is 6.42 Å². The van der Waals surface area contributed by atoms with Crippen LogP contribution >= 0.6 is 15.9 Å². The highest BCUT2D eigenvalue weighted by atomic mass is 79.9. The van der Waals surface area contributed by atoms with Gasteiger partial charge >= 0.3 is 5.97 Å². The van der Waals surface area contributed by atoms with E-state index in [-0.39, 0.29) is 18.6 Å². The quantitative estimate of drug-likeness (QED) is 0.329. The molecule has 0 fully saturated rings. The summed E-state index contributed by atoms with van der Waals surface area (Å²) in [5, 5.41) is 9.71. The van der Waals surface area contributed by atoms with E-state index in [2.05, 4.69) is 46.8 Å². The number of esters is 1. The summed E-state index contributed by atoms with van der Waals surface area (Å²) < 4.78 is 6.73. The van der Waals surface area contributed by atoms with Crippen molar-refractivity contribution in [3.8, 4) is 0 Å². The van der Waals surface area contributed by atoms with Crippen molar-refractivity contribution in [2.24, 2.45) is 0 Å². The maximum atomic E-state index is 12.7. The first-order valence-electron chi connectivity index (χ1n) is 11.4. The molecule has 164 valence electrons. The molecule has 2 atom stereocenters. The van der Waals surface area contributed by atoms with Crippen molar-refractivity contribution in [1.82, 2.24) is 0 Å². The summed E-state index contributed by atoms with van der Waals surface area (Å²) in [5.74, 6) is -0.217. The van der Waals surface area contributed by atoms with Gasteiger partial charge in [-0.05, 0) is 42.5 Å². The zero-order chi connectivity index (χ0) is 21.2. The van der Waals surface area contributed by atoms with Crippen molar-refractivity contribution in [3.05, 3.63) is 27.7 Å². The molecular formula is C24H38BrNO3. The Labute approximate surface area is 185 Å². The van der Waals surface area contributed by atoms with Gasteiger partial charge in [-0.2, -0.15) is 0 Å². The molecule has 0 saturated heterocycles. The zero-order valence-electron chi connectivity index (χ0n) is 18.4. The van der Waals surface area contributed by atoms with Gasteiger partial charge in [-0.3, -0.25) is 0 Å². The Hall–Kier alpha value is -1.07. The molecule has 4 nitrogen and oxygen atoms in total. The lowest BCUT2D eigenvalue weighted by Crippen LogP contribution is -2.44. The maximum absolute atomic E-state index is 12.7. The van der Waals surface area contributed by atoms with Gasteiger partial charge in [0.15, 0.2) is 0 Å². The second-order valence-electron chi connectivity index (χ2n) is 8.30. The number of likely N-dealkylation sites (N-methyl/N-ethyl adjacent to an activating group) is 1. The van der Waals surface area contributed by atoms with Gasteiger partial charge in [0.1, 0.15) is 12.1 Å². The molecule has 5 heteroatoms. The number of nitrogens with zero attached hydrogens (tertiary/aromatic N) is 1. The molecule has 1 aromatic rings. The van der Waals surface area contributed by atoms with Crippen LogP contribution in [0.3, 0.4) is 0 Å². The van der Waals surface area contributed by atoms with Gasteiger partial charge in [-0.15, -0.1) is 0 Å². The van der Waals surface area contributed by atoms with Crippen molar-refractivity contribution in [3.63, 3.8) is 0 Å². The second-order valence-corrected chi connectivity index (χ2v) is 9.16. The van der Waals surface area contributed by atoms with Gasteiger partial charge in [0.2, 0.25) is 0 Å². The molecule has 0 amide bonds. The van der Waals surface area contributed by atoms with Crippen LogP contribution in [0.2, 0.25) is 0 Å². The number of carbonyl (C=O) groups is 1. The monoisotopic (exact) mass is 467 g/mol. The molecule has 0 spiro atoms. The van der Waals surface area contributed by atoms with E-state index in [9.17, 15) is 9.90 Å². The van der Waals surface area contributed by atoms with Gasteiger partial charge in [0.25, 0.3) is 0 Å². The molecule has 2 rings (SSSR count). The van der Waals surface area contributed by atoms with Crippen molar-refractivity contribution < 1.29 is 14.6 Å². The van der Waals surface area contributed by atoms with Crippen LogP contribution < -0.4 is 4.90 Å². The number of ether oxygens (including phenoxy) is 1. The largest absolute Gasteiger partial charge is 0.458 e. The fourth-order valence-electron chi connectivity index (χ4n) is 4.09. The molecule has 0 bridgehead atoms. The molecule has 1 aliphatic heterocycles. The third kappa shape index (κ3) is 6.99. The predicted molar refractivity (Wildman–Crippen MR) is 124 cm³/mol. The van der Waals surface area contributed by atoms with Crippen molar-refractivity contribution in [2.75, 3.05) is 18.6 Å². The molecule has 1 heterocycles. The van der Waals surface area contributed by atoms with Gasteiger partial charge < -0.3 is 14.7 Å². The van der Waals surface area contributed by atoms with Crippen molar-refractivity contribution in [1.29, 1.82) is 0 Å². The average Bonchev–Trinajstić information content (AvgIpc) is 2.70. The molecule has 0 aromatic heterocycles. The summed E-state index contributed by atoms with van der Waals surface area (Å²) in [5.41, 5.74) is 3.53. The fourth-order valence-corrected chi connectivity index (χ4v) is 4.68. The highest BCUT2D eigenvalue weighted by molar-refractivity contribution is 9.10. The van der Waals surface area contributed by atoms with E-state index in [4.69, 9.17) is 4.74 Å². The van der Waals surface area contributed by atoms with E-state index in [0.717, 1.165) is 41.4 Å². The van der Waals surface area contributed by atoms with Gasteiger partial charge in [0, 0.05) is 23.6 Å². The number of unbranched alkanes of at least 4 members (excludes halogenated alkanes) is 6. The second kappa shape index (κ2) is 12.6. The highest BCUT2D eigenvalue weighted by Crippen LogP contribution is 2.34. The molecule has 0 saturated carbocycles. The fraction of sp³-hybridized carbons (Fsp3) is 0.708. The number of fused-ring (bicyclic) bond motifs is 1. The Morgan fingerprint density at radius 2 is 1.79 bits per heavy atom. The number of rotatable bonds is 11. The lowest BCUT2D eigenvalue weighted by molar-refractivity contribution is -0.153. The number of aliphatic hydroxyl groups excluding tert-OH is 1. The number of aryl methyl sites for hydroxylation is 1. The van der Waals surface area contributed by atoms with E-state index in [1.165, 1.54) is 44.1 Å². The number of aliphatic hydroxyl groups is 1. The minimum atomic E-state index is -0.476. The molecule has 0 aliphatic carbocycles. The van der Waals surface area contributed by atoms with Gasteiger partial charge in [0.05, 0.1) is 6.61 Å². The van der Waals surface area contributed by atoms with Gasteiger partial charge in [-0.1, -0.05) is 74.7 Å². The molecular weight excluding hydrogens is 430 g/mol. The summed E-state index contributed by atoms with van der Waals surface area (Å²) in [7, 11) is 2.00. The normalized spacial score (nSPS) is 19.5. The molecule has 1 N–H and O–H groups in total. The van der Waals surface area contributed by atoms with Gasteiger partial charge in [-0.25, -0.2) is 4.79 Å². The summed E-state index contributed by atoms with van der Waals surface area (Å²) in [6.45, 7) is 4.23. The van der Waals surface area contributed by atoms with E-state index in [1.54, 1.807) is 0 Å². The standard InChI is InChI=1S/C24H38BrNO3/c1-4-6-8-9-10-11-12-18-16-23-19(15-21(18)25)14-20(17-27)29-24(28)22(26(23)3)13-7-5-2/h15-16,20,22,27H,4-14,17H2,1-3H3/t20-,22+/m1/s1. The minimum Gasteiger partial charge on any atom is -0.458 e.